The van der Waals surface area contributed by atoms with Crippen LogP contribution < -0.4 is 16.0 Å². The molecule has 384 valence electrons. The van der Waals surface area contributed by atoms with Crippen LogP contribution >= 0.6 is 0 Å². The molecule has 2 unspecified atom stereocenters. The molecule has 6 aromatic rings. The number of aliphatic carboxylic acids is 4. The fourth-order valence-corrected chi connectivity index (χ4v) is 8.38. The van der Waals surface area contributed by atoms with Gasteiger partial charge in [0.1, 0.15) is 27.2 Å². The number of carbonyl (C=O) groups is 7. The monoisotopic (exact) mass is 1060 g/mol. The van der Waals surface area contributed by atoms with Gasteiger partial charge in [0.15, 0.2) is 17.3 Å². The van der Waals surface area contributed by atoms with Crippen molar-refractivity contribution >= 4 is 118 Å². The number of fused-ring (bicyclic) bond motifs is 2. The number of Topliss-reactive ketones (excluding diaryl/α,β-unsaturated/α-hetero) is 1. The van der Waals surface area contributed by atoms with Gasteiger partial charge in [0, 0.05) is 52.5 Å². The lowest BCUT2D eigenvalue weighted by atomic mass is 9.94. The molecule has 6 aromatic carbocycles. The van der Waals surface area contributed by atoms with E-state index in [9.17, 15) is 79.9 Å². The molecular formula is C46H39N7O19S2. The molecule has 0 fully saturated rings. The Hall–Kier alpha value is -9.25. The van der Waals surface area contributed by atoms with Crippen molar-refractivity contribution in [3.63, 3.8) is 0 Å². The molecule has 3 amide bonds. The number of carbonyl (C=O) groups excluding carboxylic acids is 3. The number of nitrogens with zero attached hydrogens (tertiary/aromatic N) is 4. The van der Waals surface area contributed by atoms with Crippen molar-refractivity contribution in [3.8, 4) is 11.5 Å². The third kappa shape index (κ3) is 13.6. The number of benzene rings is 6. The molecule has 0 spiro atoms. The van der Waals surface area contributed by atoms with Gasteiger partial charge < -0.3 is 46.6 Å². The highest BCUT2D eigenvalue weighted by atomic mass is 32.2. The summed E-state index contributed by atoms with van der Waals surface area (Å²) in [6, 6.07) is 17.1. The van der Waals surface area contributed by atoms with Crippen molar-refractivity contribution in [2.45, 2.75) is 47.9 Å². The SMILES string of the molecule is O=C(O)CCC(CC(=O)c1ccc(N=Nc2c(S(=O)(=O)O)cc3cc(NC(=O)Nc4ccc5c(O)c(N=Nc6ccc(C(=O)NC(CCC(=O)O)C(=O)O)cc6)c(S(=O)(=O)O)cc5c4)ccc3c2O)cc1)C(=O)O. The lowest BCUT2D eigenvalue weighted by Gasteiger charge is -2.13. The van der Waals surface area contributed by atoms with Gasteiger partial charge in [-0.2, -0.15) is 27.1 Å². The number of rotatable bonds is 21. The van der Waals surface area contributed by atoms with Gasteiger partial charge in [-0.15, -0.1) is 10.2 Å². The molecule has 0 bridgehead atoms. The van der Waals surface area contributed by atoms with Crippen LogP contribution in [0.1, 0.15) is 52.8 Å². The number of nitrogens with one attached hydrogen (secondary N) is 3. The third-order valence-electron chi connectivity index (χ3n) is 10.8. The van der Waals surface area contributed by atoms with Gasteiger partial charge in [-0.1, -0.05) is 0 Å². The molecule has 0 radical (unpaired) electrons. The number of phenolic OH excluding ortho intramolecular Hbond substituents is 2. The predicted molar refractivity (Wildman–Crippen MR) is 257 cm³/mol. The van der Waals surface area contributed by atoms with E-state index in [2.05, 4.69) is 36.4 Å². The van der Waals surface area contributed by atoms with Crippen LogP contribution in [0.4, 0.5) is 38.9 Å². The number of hydrogen-bond acceptors (Lipinski definition) is 17. The van der Waals surface area contributed by atoms with Crippen LogP contribution in [0, 0.1) is 5.92 Å². The van der Waals surface area contributed by atoms with Crippen molar-refractivity contribution in [2.24, 2.45) is 26.4 Å². The van der Waals surface area contributed by atoms with Gasteiger partial charge in [-0.05, 0) is 121 Å². The lowest BCUT2D eigenvalue weighted by Crippen LogP contribution is -2.41. The molecule has 0 aliphatic heterocycles. The summed E-state index contributed by atoms with van der Waals surface area (Å²) in [7, 11) is -10.2. The quantitative estimate of drug-likeness (QED) is 0.0188. The van der Waals surface area contributed by atoms with Crippen molar-refractivity contribution < 1.29 is 90.1 Å². The third-order valence-corrected chi connectivity index (χ3v) is 12.5. The molecule has 74 heavy (non-hydrogen) atoms. The van der Waals surface area contributed by atoms with Gasteiger partial charge in [-0.3, -0.25) is 33.1 Å². The van der Waals surface area contributed by atoms with Crippen LogP contribution in [-0.2, 0) is 39.4 Å². The van der Waals surface area contributed by atoms with E-state index in [1.807, 2.05) is 0 Å². The summed E-state index contributed by atoms with van der Waals surface area (Å²) in [6.45, 7) is 0. The number of carboxylic acid groups (broad SMARTS) is 4. The van der Waals surface area contributed by atoms with Crippen LogP contribution in [0.15, 0.2) is 127 Å². The highest BCUT2D eigenvalue weighted by Crippen LogP contribution is 2.44. The first-order valence-corrected chi connectivity index (χ1v) is 24.1. The Morgan fingerprint density at radius 3 is 1.36 bits per heavy atom. The molecule has 11 N–H and O–H groups in total. The molecule has 0 saturated carbocycles. The zero-order valence-electron chi connectivity index (χ0n) is 37.6. The number of amides is 3. The van der Waals surface area contributed by atoms with E-state index >= 15 is 0 Å². The number of anilines is 2. The lowest BCUT2D eigenvalue weighted by molar-refractivity contribution is -0.143. The van der Waals surface area contributed by atoms with E-state index < -0.39 is 126 Å². The first kappa shape index (κ1) is 54.1. The standard InChI is InChI=1S/C46H39N7O19S2/c54-34(19-24(44(62)63)5-15-37(55)56)22-1-6-27(7-2-22)50-52-39-35(73(67,68)69)20-25-17-29(10-12-31(25)41(39)59)47-46(66)48-30-11-13-32-26(18-30)21-36(74(70,71)72)40(42(32)60)53-51-28-8-3-23(4-9-28)43(61)49-33(45(64)65)14-16-38(57)58/h1-4,6-13,17-18,20-21,24,33,59-60H,5,14-16,19H2,(H,49,61)(H,55,56)(H,57,58)(H,62,63)(H,64,65)(H2,47,48,66)(H,67,68,69)(H,70,71,72). The predicted octanol–water partition coefficient (Wildman–Crippen LogP) is 7.56. The molecule has 2 atom stereocenters. The number of ketones is 1. The molecular weight excluding hydrogens is 1020 g/mol. The maximum absolute atomic E-state index is 13.2. The highest BCUT2D eigenvalue weighted by Gasteiger charge is 2.26. The van der Waals surface area contributed by atoms with Crippen molar-refractivity contribution in [1.29, 1.82) is 0 Å². The fourth-order valence-electron chi connectivity index (χ4n) is 7.07. The maximum Gasteiger partial charge on any atom is 0.326 e. The summed E-state index contributed by atoms with van der Waals surface area (Å²) in [6.07, 6.45) is -2.11. The smallest absolute Gasteiger partial charge is 0.326 e. The first-order valence-electron chi connectivity index (χ1n) is 21.2. The average Bonchev–Trinajstić information content (AvgIpc) is 3.32. The van der Waals surface area contributed by atoms with Gasteiger partial charge in [-0.25, -0.2) is 9.59 Å². The Balaban J connectivity index is 1.17. The number of azo groups is 2. The molecule has 0 aromatic heterocycles. The van der Waals surface area contributed by atoms with Crippen LogP contribution in [0.25, 0.3) is 21.5 Å². The second-order valence-corrected chi connectivity index (χ2v) is 18.7. The zero-order chi connectivity index (χ0) is 54.2. The molecule has 28 heteroatoms. The molecule has 26 nitrogen and oxygen atoms in total. The second-order valence-electron chi connectivity index (χ2n) is 15.9. The maximum atomic E-state index is 13.2. The van der Waals surface area contributed by atoms with E-state index in [1.54, 1.807) is 0 Å². The minimum Gasteiger partial charge on any atom is -0.505 e. The van der Waals surface area contributed by atoms with Gasteiger partial charge in [0.25, 0.3) is 26.1 Å². The molecule has 6 rings (SSSR count). The summed E-state index contributed by atoms with van der Waals surface area (Å²) >= 11 is 0. The van der Waals surface area contributed by atoms with Crippen molar-refractivity contribution in [2.75, 3.05) is 10.6 Å². The van der Waals surface area contributed by atoms with Gasteiger partial charge >= 0.3 is 29.9 Å². The summed E-state index contributed by atoms with van der Waals surface area (Å²) in [5.41, 5.74) is -1.28. The molecule has 0 aliphatic rings. The normalized spacial score (nSPS) is 12.6. The number of urea groups is 1. The fraction of sp³-hybridized carbons (Fsp3) is 0.152. The summed E-state index contributed by atoms with van der Waals surface area (Å²) in [5, 5.41) is 81.2. The van der Waals surface area contributed by atoms with Gasteiger partial charge in [0.05, 0.1) is 17.3 Å². The van der Waals surface area contributed by atoms with E-state index in [0.717, 1.165) is 12.1 Å². The van der Waals surface area contributed by atoms with E-state index in [4.69, 9.17) is 10.2 Å². The molecule has 0 saturated heterocycles. The summed E-state index contributed by atoms with van der Waals surface area (Å²) in [4.78, 5) is 81.4. The van der Waals surface area contributed by atoms with Crippen LogP contribution in [-0.4, -0.2) is 104 Å². The number of carboxylic acids is 4. The topological polar surface area (TPSA) is 435 Å². The Morgan fingerprint density at radius 2 is 0.959 bits per heavy atom. The minimum atomic E-state index is -5.11. The average molecular weight is 1060 g/mol. The van der Waals surface area contributed by atoms with E-state index in [1.165, 1.54) is 84.9 Å². The van der Waals surface area contributed by atoms with Gasteiger partial charge in [0.2, 0.25) is 0 Å². The Kier molecular flexibility index (Phi) is 16.4. The summed E-state index contributed by atoms with van der Waals surface area (Å²) in [5.74, 6) is -9.49. The van der Waals surface area contributed by atoms with Crippen molar-refractivity contribution in [1.82, 2.24) is 5.32 Å². The largest absolute Gasteiger partial charge is 0.505 e. The number of phenols is 2. The number of aromatic hydroxyl groups is 2. The number of hydrogen-bond donors (Lipinski definition) is 11. The second kappa shape index (κ2) is 22.4. The van der Waals surface area contributed by atoms with Crippen molar-refractivity contribution in [3.05, 3.63) is 108 Å². The highest BCUT2D eigenvalue weighted by molar-refractivity contribution is 7.86. The molecule has 0 aliphatic carbocycles. The van der Waals surface area contributed by atoms with Crippen LogP contribution in [0.2, 0.25) is 0 Å². The summed E-state index contributed by atoms with van der Waals surface area (Å²) < 4.78 is 70.2. The Bertz CT molecular complexity index is 3340. The zero-order valence-corrected chi connectivity index (χ0v) is 39.2. The minimum absolute atomic E-state index is 0.00530. The van der Waals surface area contributed by atoms with Crippen LogP contribution in [0.3, 0.4) is 0 Å². The Labute approximate surface area is 416 Å². The van der Waals surface area contributed by atoms with Crippen LogP contribution in [0.5, 0.6) is 11.5 Å². The molecule has 0 heterocycles. The first-order chi connectivity index (χ1) is 34.8. The van der Waals surface area contributed by atoms with E-state index in [-0.39, 0.29) is 68.3 Å². The van der Waals surface area contributed by atoms with E-state index in [0.29, 0.717) is 0 Å². The Morgan fingerprint density at radius 1 is 0.527 bits per heavy atom.